The number of hydrogen-bond acceptors (Lipinski definition) is 3. The molecule has 0 bridgehead atoms. The van der Waals surface area contributed by atoms with Gasteiger partial charge in [-0.2, -0.15) is 0 Å². The molecule has 1 heterocycles. The lowest BCUT2D eigenvalue weighted by Gasteiger charge is -2.13. The summed E-state index contributed by atoms with van der Waals surface area (Å²) in [5.74, 6) is -1.10. The number of nitrogens with one attached hydrogen (secondary N) is 1. The number of para-hydroxylation sites is 1. The van der Waals surface area contributed by atoms with E-state index in [2.05, 4.69) is 5.32 Å². The smallest absolute Gasteiger partial charge is 0.325 e. The van der Waals surface area contributed by atoms with Crippen molar-refractivity contribution < 1.29 is 19.4 Å². The van der Waals surface area contributed by atoms with Crippen LogP contribution in [0.3, 0.4) is 0 Å². The van der Waals surface area contributed by atoms with E-state index >= 15 is 0 Å². The molecule has 2 atom stereocenters. The number of amides is 1. The molecule has 0 aromatic heterocycles. The third-order valence-corrected chi connectivity index (χ3v) is 2.75. The SMILES string of the molecule is C[C@@H](NC(=O)C1COc2ccccc21)C(=O)O. The molecule has 0 fully saturated rings. The van der Waals surface area contributed by atoms with Crippen LogP contribution >= 0.6 is 0 Å². The largest absolute Gasteiger partial charge is 0.492 e. The van der Waals surface area contributed by atoms with Crippen molar-refractivity contribution in [1.82, 2.24) is 5.32 Å². The first-order chi connectivity index (χ1) is 8.09. The van der Waals surface area contributed by atoms with Gasteiger partial charge in [-0.3, -0.25) is 9.59 Å². The van der Waals surface area contributed by atoms with E-state index in [-0.39, 0.29) is 12.5 Å². The van der Waals surface area contributed by atoms with Gasteiger partial charge < -0.3 is 15.2 Å². The lowest BCUT2D eigenvalue weighted by atomic mass is 10.0. The van der Waals surface area contributed by atoms with Crippen LogP contribution in [0.2, 0.25) is 0 Å². The summed E-state index contributed by atoms with van der Waals surface area (Å²) >= 11 is 0. The fraction of sp³-hybridized carbons (Fsp3) is 0.333. The minimum absolute atomic E-state index is 0.261. The van der Waals surface area contributed by atoms with Gasteiger partial charge in [0.1, 0.15) is 24.3 Å². The molecule has 1 unspecified atom stereocenters. The molecule has 0 saturated carbocycles. The first-order valence-corrected chi connectivity index (χ1v) is 5.34. The number of carbonyl (C=O) groups excluding carboxylic acids is 1. The average Bonchev–Trinajstić information content (AvgIpc) is 2.72. The topological polar surface area (TPSA) is 75.6 Å². The second kappa shape index (κ2) is 4.45. The highest BCUT2D eigenvalue weighted by Gasteiger charge is 2.31. The van der Waals surface area contributed by atoms with E-state index < -0.39 is 17.9 Å². The third-order valence-electron chi connectivity index (χ3n) is 2.75. The van der Waals surface area contributed by atoms with E-state index in [9.17, 15) is 9.59 Å². The number of carbonyl (C=O) groups is 2. The van der Waals surface area contributed by atoms with Gasteiger partial charge in [0, 0.05) is 5.56 Å². The molecule has 5 nitrogen and oxygen atoms in total. The third kappa shape index (κ3) is 2.22. The molecular weight excluding hydrogens is 222 g/mol. The lowest BCUT2D eigenvalue weighted by Crippen LogP contribution is -2.41. The van der Waals surface area contributed by atoms with E-state index in [1.54, 1.807) is 6.07 Å². The van der Waals surface area contributed by atoms with E-state index in [1.165, 1.54) is 6.92 Å². The summed E-state index contributed by atoms with van der Waals surface area (Å²) in [6.45, 7) is 1.69. The molecule has 0 saturated heterocycles. The molecule has 1 amide bonds. The Morgan fingerprint density at radius 2 is 2.18 bits per heavy atom. The zero-order valence-electron chi connectivity index (χ0n) is 9.34. The number of aliphatic carboxylic acids is 1. The maximum Gasteiger partial charge on any atom is 0.325 e. The second-order valence-electron chi connectivity index (χ2n) is 3.97. The van der Waals surface area contributed by atoms with Crippen molar-refractivity contribution in [2.24, 2.45) is 0 Å². The van der Waals surface area contributed by atoms with Crippen LogP contribution in [0, 0.1) is 0 Å². The number of benzene rings is 1. The molecule has 0 radical (unpaired) electrons. The van der Waals surface area contributed by atoms with Gasteiger partial charge in [-0.05, 0) is 13.0 Å². The molecule has 2 N–H and O–H groups in total. The van der Waals surface area contributed by atoms with Crippen molar-refractivity contribution in [1.29, 1.82) is 0 Å². The highest BCUT2D eigenvalue weighted by molar-refractivity contribution is 5.89. The van der Waals surface area contributed by atoms with Crippen molar-refractivity contribution in [2.45, 2.75) is 18.9 Å². The van der Waals surface area contributed by atoms with Crippen LogP contribution in [0.25, 0.3) is 0 Å². The summed E-state index contributed by atoms with van der Waals surface area (Å²) in [5, 5.41) is 11.2. The lowest BCUT2D eigenvalue weighted by molar-refractivity contribution is -0.141. The summed E-state index contributed by atoms with van der Waals surface area (Å²) in [4.78, 5) is 22.5. The van der Waals surface area contributed by atoms with E-state index in [0.29, 0.717) is 5.75 Å². The van der Waals surface area contributed by atoms with Gasteiger partial charge in [0.05, 0.1) is 0 Å². The van der Waals surface area contributed by atoms with Gasteiger partial charge in [0.25, 0.3) is 0 Å². The second-order valence-corrected chi connectivity index (χ2v) is 3.97. The van der Waals surface area contributed by atoms with Crippen LogP contribution in [0.15, 0.2) is 24.3 Å². The van der Waals surface area contributed by atoms with Crippen molar-refractivity contribution >= 4 is 11.9 Å². The number of rotatable bonds is 3. The Hall–Kier alpha value is -2.04. The minimum Gasteiger partial charge on any atom is -0.492 e. The average molecular weight is 235 g/mol. The summed E-state index contributed by atoms with van der Waals surface area (Å²) in [7, 11) is 0. The van der Waals surface area contributed by atoms with Crippen molar-refractivity contribution in [3.05, 3.63) is 29.8 Å². The highest BCUT2D eigenvalue weighted by Crippen LogP contribution is 2.33. The van der Waals surface area contributed by atoms with Gasteiger partial charge in [0.2, 0.25) is 5.91 Å². The Labute approximate surface area is 98.4 Å². The first-order valence-electron chi connectivity index (χ1n) is 5.34. The molecule has 0 aliphatic carbocycles. The molecule has 5 heteroatoms. The molecule has 17 heavy (non-hydrogen) atoms. The van der Waals surface area contributed by atoms with Crippen LogP contribution in [-0.4, -0.2) is 29.6 Å². The monoisotopic (exact) mass is 235 g/mol. The predicted octanol–water partition coefficient (Wildman–Crippen LogP) is 0.752. The quantitative estimate of drug-likeness (QED) is 0.810. The van der Waals surface area contributed by atoms with Gasteiger partial charge in [-0.1, -0.05) is 18.2 Å². The zero-order valence-corrected chi connectivity index (χ0v) is 9.34. The molecular formula is C12H13NO4. The number of ether oxygens (including phenoxy) is 1. The summed E-state index contributed by atoms with van der Waals surface area (Å²) in [6.07, 6.45) is 0. The van der Waals surface area contributed by atoms with Crippen LogP contribution in [0.4, 0.5) is 0 Å². The number of hydrogen-bond donors (Lipinski definition) is 2. The van der Waals surface area contributed by atoms with Crippen molar-refractivity contribution in [3.63, 3.8) is 0 Å². The van der Waals surface area contributed by atoms with E-state index in [0.717, 1.165) is 5.56 Å². The Kier molecular flexibility index (Phi) is 2.99. The Morgan fingerprint density at radius 1 is 1.47 bits per heavy atom. The van der Waals surface area contributed by atoms with Crippen LogP contribution in [0.5, 0.6) is 5.75 Å². The first kappa shape index (κ1) is 11.4. The molecule has 90 valence electrons. The van der Waals surface area contributed by atoms with Crippen molar-refractivity contribution in [3.8, 4) is 5.75 Å². The Bertz CT molecular complexity index is 458. The highest BCUT2D eigenvalue weighted by atomic mass is 16.5. The Morgan fingerprint density at radius 3 is 2.88 bits per heavy atom. The van der Waals surface area contributed by atoms with Crippen LogP contribution in [0.1, 0.15) is 18.4 Å². The maximum absolute atomic E-state index is 11.9. The minimum atomic E-state index is -1.05. The molecule has 2 rings (SSSR count). The zero-order chi connectivity index (χ0) is 12.4. The van der Waals surface area contributed by atoms with Gasteiger partial charge >= 0.3 is 5.97 Å². The van der Waals surface area contributed by atoms with Crippen molar-refractivity contribution in [2.75, 3.05) is 6.61 Å². The van der Waals surface area contributed by atoms with Gasteiger partial charge in [-0.25, -0.2) is 0 Å². The number of carboxylic acid groups (broad SMARTS) is 1. The van der Waals surface area contributed by atoms with Gasteiger partial charge in [-0.15, -0.1) is 0 Å². The fourth-order valence-corrected chi connectivity index (χ4v) is 1.76. The van der Waals surface area contributed by atoms with Crippen LogP contribution < -0.4 is 10.1 Å². The molecule has 1 aromatic carbocycles. The Balaban J connectivity index is 2.10. The summed E-state index contributed by atoms with van der Waals surface area (Å²) in [5.41, 5.74) is 0.808. The maximum atomic E-state index is 11.9. The fourth-order valence-electron chi connectivity index (χ4n) is 1.76. The summed E-state index contributed by atoms with van der Waals surface area (Å²) in [6, 6.07) is 6.38. The molecule has 1 aromatic rings. The number of carboxylic acids is 1. The molecule has 1 aliphatic heterocycles. The normalized spacial score (nSPS) is 19.0. The standard InChI is InChI=1S/C12H13NO4/c1-7(12(15)16)13-11(14)9-6-17-10-5-3-2-4-8(9)10/h2-5,7,9H,6H2,1H3,(H,13,14)(H,15,16)/t7-,9?/m1/s1. The van der Waals surface area contributed by atoms with E-state index in [4.69, 9.17) is 9.84 Å². The van der Waals surface area contributed by atoms with Gasteiger partial charge in [0.15, 0.2) is 0 Å². The molecule has 0 spiro atoms. The summed E-state index contributed by atoms with van der Waals surface area (Å²) < 4.78 is 5.37. The molecule has 1 aliphatic rings. The number of fused-ring (bicyclic) bond motifs is 1. The van der Waals surface area contributed by atoms with E-state index in [1.807, 2.05) is 18.2 Å². The predicted molar refractivity (Wildman–Crippen MR) is 59.9 cm³/mol. The van der Waals surface area contributed by atoms with Crippen LogP contribution in [-0.2, 0) is 9.59 Å².